The van der Waals surface area contributed by atoms with Crippen molar-refractivity contribution in [2.45, 2.75) is 45.7 Å². The molecular weight excluding hydrogens is 409 g/mol. The fourth-order valence-corrected chi connectivity index (χ4v) is 3.53. The molecular formula is C15H28IN5S. The number of likely N-dealkylation sites (N-methyl/N-ethyl adjacent to an activating group) is 1. The Morgan fingerprint density at radius 2 is 2.27 bits per heavy atom. The third kappa shape index (κ3) is 5.66. The zero-order chi connectivity index (χ0) is 15.1. The number of likely N-dealkylation sites (tertiary alicyclic amines) is 1. The van der Waals surface area contributed by atoms with Crippen LogP contribution in [0.25, 0.3) is 0 Å². The van der Waals surface area contributed by atoms with E-state index >= 15 is 0 Å². The number of rotatable bonds is 6. The highest BCUT2D eigenvalue weighted by molar-refractivity contribution is 14.0. The van der Waals surface area contributed by atoms with Crippen molar-refractivity contribution in [3.05, 3.63) is 16.1 Å². The van der Waals surface area contributed by atoms with Crippen molar-refractivity contribution < 1.29 is 0 Å². The summed E-state index contributed by atoms with van der Waals surface area (Å²) >= 11 is 1.77. The Bertz CT molecular complexity index is 463. The number of aromatic nitrogens is 1. The largest absolute Gasteiger partial charge is 0.355 e. The van der Waals surface area contributed by atoms with Crippen LogP contribution in [0.1, 0.15) is 36.6 Å². The topological polar surface area (TPSA) is 52.6 Å². The molecule has 1 fully saturated rings. The Kier molecular flexibility index (Phi) is 9.27. The third-order valence-electron chi connectivity index (χ3n) is 3.99. The molecule has 5 nitrogen and oxygen atoms in total. The zero-order valence-electron chi connectivity index (χ0n) is 13.8. The van der Waals surface area contributed by atoms with E-state index < -0.39 is 0 Å². The maximum atomic E-state index is 4.42. The zero-order valence-corrected chi connectivity index (χ0v) is 16.9. The number of thiazole rings is 1. The highest BCUT2D eigenvalue weighted by Crippen LogP contribution is 2.15. The standard InChI is InChI=1S/C15H27N5S.HI/c1-4-13-10-17-14(21-13)11-19-15(16-3)18-9-12-7-6-8-20(12)5-2;/h10,12H,4-9,11H2,1-3H3,(H2,16,18,19);1H. The van der Waals surface area contributed by atoms with Gasteiger partial charge in [0, 0.05) is 30.7 Å². The fourth-order valence-electron chi connectivity index (χ4n) is 2.73. The molecule has 2 N–H and O–H groups in total. The first-order valence-corrected chi connectivity index (χ1v) is 8.70. The first-order chi connectivity index (χ1) is 10.3. The summed E-state index contributed by atoms with van der Waals surface area (Å²) in [6, 6.07) is 0.639. The first kappa shape index (κ1) is 19.6. The van der Waals surface area contributed by atoms with Crippen LogP contribution in [0.3, 0.4) is 0 Å². The summed E-state index contributed by atoms with van der Waals surface area (Å²) in [7, 11) is 1.82. The Morgan fingerprint density at radius 1 is 1.45 bits per heavy atom. The number of aliphatic imine (C=N–C) groups is 1. The lowest BCUT2D eigenvalue weighted by Crippen LogP contribution is -2.44. The van der Waals surface area contributed by atoms with Gasteiger partial charge in [0.15, 0.2) is 5.96 Å². The SMILES string of the molecule is CCc1cnc(CNC(=NC)NCC2CCCN2CC)s1.I. The van der Waals surface area contributed by atoms with Crippen LogP contribution >= 0.6 is 35.3 Å². The van der Waals surface area contributed by atoms with Gasteiger partial charge in [0.1, 0.15) is 5.01 Å². The van der Waals surface area contributed by atoms with Crippen LogP contribution in [0.4, 0.5) is 0 Å². The van der Waals surface area contributed by atoms with Gasteiger partial charge in [0.25, 0.3) is 0 Å². The van der Waals surface area contributed by atoms with Gasteiger partial charge in [0.2, 0.25) is 0 Å². The molecule has 1 saturated heterocycles. The second kappa shape index (κ2) is 10.4. The second-order valence-electron chi connectivity index (χ2n) is 5.31. The van der Waals surface area contributed by atoms with Crippen LogP contribution in [0.2, 0.25) is 0 Å². The van der Waals surface area contributed by atoms with E-state index in [1.165, 1.54) is 24.3 Å². The molecule has 1 aliphatic rings. The number of aryl methyl sites for hydroxylation is 1. The molecule has 22 heavy (non-hydrogen) atoms. The smallest absolute Gasteiger partial charge is 0.191 e. The normalized spacial score (nSPS) is 19.0. The van der Waals surface area contributed by atoms with Crippen molar-refractivity contribution in [1.82, 2.24) is 20.5 Å². The van der Waals surface area contributed by atoms with Gasteiger partial charge in [-0.2, -0.15) is 0 Å². The molecule has 1 aromatic rings. The number of guanidine groups is 1. The van der Waals surface area contributed by atoms with E-state index in [9.17, 15) is 0 Å². The lowest BCUT2D eigenvalue weighted by Gasteiger charge is -2.23. The molecule has 2 heterocycles. The number of hydrogen-bond acceptors (Lipinski definition) is 4. The van der Waals surface area contributed by atoms with Crippen molar-refractivity contribution in [2.24, 2.45) is 4.99 Å². The lowest BCUT2D eigenvalue weighted by atomic mass is 10.2. The summed E-state index contributed by atoms with van der Waals surface area (Å²) in [5.74, 6) is 0.867. The Hall–Kier alpha value is -0.410. The molecule has 0 bridgehead atoms. The second-order valence-corrected chi connectivity index (χ2v) is 6.50. The van der Waals surface area contributed by atoms with Gasteiger partial charge in [-0.25, -0.2) is 4.98 Å². The molecule has 1 aliphatic heterocycles. The van der Waals surface area contributed by atoms with E-state index in [1.54, 1.807) is 11.3 Å². The first-order valence-electron chi connectivity index (χ1n) is 7.89. The van der Waals surface area contributed by atoms with Crippen LogP contribution in [0.15, 0.2) is 11.2 Å². The van der Waals surface area contributed by atoms with Gasteiger partial charge >= 0.3 is 0 Å². The molecule has 0 aromatic carbocycles. The molecule has 2 rings (SSSR count). The predicted molar refractivity (Wildman–Crippen MR) is 105 cm³/mol. The maximum Gasteiger partial charge on any atom is 0.191 e. The minimum Gasteiger partial charge on any atom is -0.355 e. The van der Waals surface area contributed by atoms with Crippen molar-refractivity contribution in [3.63, 3.8) is 0 Å². The Labute approximate surface area is 155 Å². The third-order valence-corrected chi connectivity index (χ3v) is 5.13. The molecule has 126 valence electrons. The molecule has 1 aromatic heterocycles. The minimum atomic E-state index is 0. The number of halogens is 1. The van der Waals surface area contributed by atoms with Gasteiger partial charge in [-0.1, -0.05) is 13.8 Å². The number of nitrogens with one attached hydrogen (secondary N) is 2. The molecule has 0 aliphatic carbocycles. The number of hydrogen-bond donors (Lipinski definition) is 2. The summed E-state index contributed by atoms with van der Waals surface area (Å²) < 4.78 is 0. The van der Waals surface area contributed by atoms with E-state index in [-0.39, 0.29) is 24.0 Å². The average Bonchev–Trinajstić information content (AvgIpc) is 3.15. The fraction of sp³-hybridized carbons (Fsp3) is 0.733. The summed E-state index contributed by atoms with van der Waals surface area (Å²) in [4.78, 5) is 12.6. The minimum absolute atomic E-state index is 0. The van der Waals surface area contributed by atoms with E-state index in [0.29, 0.717) is 6.04 Å². The van der Waals surface area contributed by atoms with Crippen LogP contribution in [-0.2, 0) is 13.0 Å². The van der Waals surface area contributed by atoms with Gasteiger partial charge in [-0.15, -0.1) is 35.3 Å². The Balaban J connectivity index is 0.00000242. The van der Waals surface area contributed by atoms with Crippen LogP contribution in [-0.4, -0.2) is 48.6 Å². The maximum absolute atomic E-state index is 4.42. The average molecular weight is 437 g/mol. The van der Waals surface area contributed by atoms with Crippen molar-refractivity contribution in [1.29, 1.82) is 0 Å². The van der Waals surface area contributed by atoms with Crippen LogP contribution < -0.4 is 10.6 Å². The highest BCUT2D eigenvalue weighted by atomic mass is 127. The summed E-state index contributed by atoms with van der Waals surface area (Å²) in [5.41, 5.74) is 0. The lowest BCUT2D eigenvalue weighted by molar-refractivity contribution is 0.267. The van der Waals surface area contributed by atoms with Crippen molar-refractivity contribution >= 4 is 41.3 Å². The van der Waals surface area contributed by atoms with Gasteiger partial charge in [0.05, 0.1) is 6.54 Å². The molecule has 0 spiro atoms. The van der Waals surface area contributed by atoms with E-state index in [1.807, 2.05) is 13.2 Å². The highest BCUT2D eigenvalue weighted by Gasteiger charge is 2.22. The summed E-state index contributed by atoms with van der Waals surface area (Å²) in [6.45, 7) is 8.47. The van der Waals surface area contributed by atoms with Crippen LogP contribution in [0, 0.1) is 0 Å². The van der Waals surface area contributed by atoms with Gasteiger partial charge < -0.3 is 10.6 Å². The molecule has 0 radical (unpaired) electrons. The molecule has 1 unspecified atom stereocenters. The van der Waals surface area contributed by atoms with E-state index in [4.69, 9.17) is 0 Å². The van der Waals surface area contributed by atoms with Gasteiger partial charge in [-0.05, 0) is 32.4 Å². The van der Waals surface area contributed by atoms with Crippen molar-refractivity contribution in [2.75, 3.05) is 26.7 Å². The molecule has 7 heteroatoms. The van der Waals surface area contributed by atoms with Crippen molar-refractivity contribution in [3.8, 4) is 0 Å². The van der Waals surface area contributed by atoms with Crippen LogP contribution in [0.5, 0.6) is 0 Å². The Morgan fingerprint density at radius 3 is 2.91 bits per heavy atom. The predicted octanol–water partition coefficient (Wildman–Crippen LogP) is 2.47. The van der Waals surface area contributed by atoms with E-state index in [2.05, 4.69) is 39.4 Å². The quantitative estimate of drug-likeness (QED) is 0.408. The molecule has 1 atom stereocenters. The van der Waals surface area contributed by atoms with E-state index in [0.717, 1.165) is 37.0 Å². The monoisotopic (exact) mass is 437 g/mol. The van der Waals surface area contributed by atoms with Gasteiger partial charge in [-0.3, -0.25) is 9.89 Å². The molecule has 0 amide bonds. The summed E-state index contributed by atoms with van der Waals surface area (Å²) in [5, 5.41) is 7.91. The summed E-state index contributed by atoms with van der Waals surface area (Å²) in [6.07, 6.45) is 5.62. The number of nitrogens with zero attached hydrogens (tertiary/aromatic N) is 3. The molecule has 0 saturated carbocycles.